The van der Waals surface area contributed by atoms with Crippen LogP contribution in [-0.2, 0) is 12.1 Å². The van der Waals surface area contributed by atoms with Crippen LogP contribution in [0.25, 0.3) is 22.5 Å². The quantitative estimate of drug-likeness (QED) is 0.134. The SMILES string of the molecule is CCCNC(=O)c1cnccc1OCc1ccc(-c2ccccc2-c2nnn(C(c3ccccc3)(c3ccccc3)c3ccccc3)n2)cc1. The van der Waals surface area contributed by atoms with Crippen molar-refractivity contribution in [3.8, 4) is 28.3 Å². The van der Waals surface area contributed by atoms with Gasteiger partial charge in [-0.1, -0.05) is 146 Å². The third kappa shape index (κ3) is 6.39. The number of hydrogen-bond donors (Lipinski definition) is 1. The van der Waals surface area contributed by atoms with E-state index < -0.39 is 5.54 Å². The number of pyridine rings is 1. The van der Waals surface area contributed by atoms with Crippen LogP contribution in [0.15, 0.2) is 158 Å². The molecule has 8 heteroatoms. The Morgan fingerprint density at radius 1 is 0.720 bits per heavy atom. The number of hydrogen-bond acceptors (Lipinski definition) is 6. The van der Waals surface area contributed by atoms with Gasteiger partial charge in [-0.2, -0.15) is 0 Å². The van der Waals surface area contributed by atoms with Crippen molar-refractivity contribution >= 4 is 5.91 Å². The second-order valence-electron chi connectivity index (χ2n) is 11.9. The predicted octanol–water partition coefficient (Wildman–Crippen LogP) is 7.96. The van der Waals surface area contributed by atoms with Crippen LogP contribution in [0.3, 0.4) is 0 Å². The Bertz CT molecular complexity index is 2070. The second-order valence-corrected chi connectivity index (χ2v) is 11.9. The van der Waals surface area contributed by atoms with Crippen molar-refractivity contribution in [3.63, 3.8) is 0 Å². The van der Waals surface area contributed by atoms with E-state index in [2.05, 4.69) is 70.0 Å². The van der Waals surface area contributed by atoms with Crippen LogP contribution in [0.1, 0.15) is 46.0 Å². The standard InChI is InChI=1S/C42H36N6O2/c1-2-27-44-41(49)38-29-43-28-26-39(38)50-30-31-22-24-32(25-23-31)36-20-12-13-21-37(36)40-45-47-48(46-40)42(33-14-6-3-7-15-33,34-16-8-4-9-17-34)35-18-10-5-11-19-35/h3-26,28-29H,2,27,30H2,1H3,(H,44,49). The molecule has 0 saturated carbocycles. The smallest absolute Gasteiger partial charge is 0.256 e. The normalized spacial score (nSPS) is 11.2. The number of carbonyl (C=O) groups excluding carboxylic acids is 1. The van der Waals surface area contributed by atoms with Crippen molar-refractivity contribution in [2.24, 2.45) is 0 Å². The summed E-state index contributed by atoms with van der Waals surface area (Å²) in [5.74, 6) is 0.822. The molecule has 0 bridgehead atoms. The van der Waals surface area contributed by atoms with E-state index in [9.17, 15) is 4.79 Å². The van der Waals surface area contributed by atoms with Gasteiger partial charge in [0.05, 0.1) is 5.56 Å². The molecule has 5 aromatic carbocycles. The molecule has 0 aliphatic rings. The lowest BCUT2D eigenvalue weighted by atomic mass is 9.77. The van der Waals surface area contributed by atoms with Crippen molar-refractivity contribution in [2.45, 2.75) is 25.5 Å². The number of nitrogens with zero attached hydrogens (tertiary/aromatic N) is 5. The van der Waals surface area contributed by atoms with Gasteiger partial charge in [-0.3, -0.25) is 9.78 Å². The summed E-state index contributed by atoms with van der Waals surface area (Å²) in [4.78, 5) is 18.5. The lowest BCUT2D eigenvalue weighted by molar-refractivity contribution is 0.0948. The fraction of sp³-hybridized carbons (Fsp3) is 0.119. The maximum atomic E-state index is 12.6. The van der Waals surface area contributed by atoms with Gasteiger partial charge < -0.3 is 10.1 Å². The minimum absolute atomic E-state index is 0.194. The number of amides is 1. The molecule has 7 aromatic rings. The molecule has 0 aliphatic heterocycles. The van der Waals surface area contributed by atoms with Crippen LogP contribution in [0, 0.1) is 0 Å². The fourth-order valence-electron chi connectivity index (χ4n) is 6.23. The number of rotatable bonds is 12. The Hall–Kier alpha value is -6.41. The Balaban J connectivity index is 1.21. The number of nitrogens with one attached hydrogen (secondary N) is 1. The number of aromatic nitrogens is 5. The van der Waals surface area contributed by atoms with Crippen molar-refractivity contribution in [2.75, 3.05) is 6.54 Å². The molecule has 0 radical (unpaired) electrons. The van der Waals surface area contributed by atoms with Gasteiger partial charge in [0.2, 0.25) is 5.82 Å². The minimum atomic E-state index is -0.864. The molecule has 1 N–H and O–H groups in total. The first-order valence-corrected chi connectivity index (χ1v) is 16.7. The molecular weight excluding hydrogens is 621 g/mol. The molecule has 50 heavy (non-hydrogen) atoms. The monoisotopic (exact) mass is 656 g/mol. The fourth-order valence-corrected chi connectivity index (χ4v) is 6.23. The molecule has 246 valence electrons. The summed E-state index contributed by atoms with van der Waals surface area (Å²) >= 11 is 0. The Morgan fingerprint density at radius 3 is 1.90 bits per heavy atom. The van der Waals surface area contributed by atoms with Crippen LogP contribution >= 0.6 is 0 Å². The molecule has 8 nitrogen and oxygen atoms in total. The number of benzene rings is 5. The van der Waals surface area contributed by atoms with Gasteiger partial charge >= 0.3 is 0 Å². The average Bonchev–Trinajstić information content (AvgIpc) is 3.68. The van der Waals surface area contributed by atoms with Gasteiger partial charge in [-0.25, -0.2) is 0 Å². The first-order valence-electron chi connectivity index (χ1n) is 16.7. The molecule has 2 aromatic heterocycles. The van der Waals surface area contributed by atoms with E-state index in [0.717, 1.165) is 45.4 Å². The highest BCUT2D eigenvalue weighted by Crippen LogP contribution is 2.40. The topological polar surface area (TPSA) is 94.8 Å². The highest BCUT2D eigenvalue weighted by Gasteiger charge is 2.41. The first-order chi connectivity index (χ1) is 24.7. The molecular formula is C42H36N6O2. The highest BCUT2D eigenvalue weighted by molar-refractivity contribution is 5.96. The van der Waals surface area contributed by atoms with Crippen LogP contribution in [0.5, 0.6) is 5.75 Å². The van der Waals surface area contributed by atoms with E-state index >= 15 is 0 Å². The number of carbonyl (C=O) groups is 1. The van der Waals surface area contributed by atoms with Crippen molar-refractivity contribution in [1.29, 1.82) is 0 Å². The van der Waals surface area contributed by atoms with Crippen molar-refractivity contribution in [3.05, 3.63) is 186 Å². The van der Waals surface area contributed by atoms with Crippen LogP contribution < -0.4 is 10.1 Å². The molecule has 0 fully saturated rings. The van der Waals surface area contributed by atoms with E-state index in [1.165, 1.54) is 6.20 Å². The Labute approximate surface area is 291 Å². The van der Waals surface area contributed by atoms with Gasteiger partial charge in [0.25, 0.3) is 5.91 Å². The summed E-state index contributed by atoms with van der Waals surface area (Å²) in [5.41, 5.74) is 6.43. The molecule has 1 amide bonds. The summed E-state index contributed by atoms with van der Waals surface area (Å²) in [7, 11) is 0. The molecule has 2 heterocycles. The van der Waals surface area contributed by atoms with Crippen LogP contribution in [-0.4, -0.2) is 37.6 Å². The third-order valence-corrected chi connectivity index (χ3v) is 8.68. The minimum Gasteiger partial charge on any atom is -0.488 e. The molecule has 7 rings (SSSR count). The van der Waals surface area contributed by atoms with Crippen molar-refractivity contribution in [1.82, 2.24) is 30.5 Å². The van der Waals surface area contributed by atoms with Gasteiger partial charge in [0, 0.05) is 24.5 Å². The first kappa shape index (κ1) is 32.2. The summed E-state index contributed by atoms with van der Waals surface area (Å²) in [5, 5.41) is 17.4. The maximum absolute atomic E-state index is 12.6. The van der Waals surface area contributed by atoms with Gasteiger partial charge in [-0.15, -0.1) is 15.0 Å². The van der Waals surface area contributed by atoms with Crippen LogP contribution in [0.4, 0.5) is 0 Å². The summed E-state index contributed by atoms with van der Waals surface area (Å²) in [6, 6.07) is 48.9. The van der Waals surface area contributed by atoms with Crippen LogP contribution in [0.2, 0.25) is 0 Å². The lowest BCUT2D eigenvalue weighted by Crippen LogP contribution is -2.39. The maximum Gasteiger partial charge on any atom is 0.256 e. The third-order valence-electron chi connectivity index (χ3n) is 8.68. The molecule has 0 aliphatic carbocycles. The summed E-state index contributed by atoms with van der Waals surface area (Å²) < 4.78 is 6.08. The Morgan fingerprint density at radius 2 is 1.30 bits per heavy atom. The van der Waals surface area contributed by atoms with E-state index in [-0.39, 0.29) is 5.91 Å². The summed E-state index contributed by atoms with van der Waals surface area (Å²) in [6.07, 6.45) is 4.01. The molecule has 0 atom stereocenters. The van der Waals surface area contributed by atoms with E-state index in [1.54, 1.807) is 17.1 Å². The average molecular weight is 657 g/mol. The van der Waals surface area contributed by atoms with Gasteiger partial charge in [-0.05, 0) is 51.1 Å². The zero-order valence-electron chi connectivity index (χ0n) is 27.7. The van der Waals surface area contributed by atoms with E-state index in [1.807, 2.05) is 91.9 Å². The van der Waals surface area contributed by atoms with E-state index in [4.69, 9.17) is 15.0 Å². The molecule has 0 spiro atoms. The second kappa shape index (κ2) is 14.8. The lowest BCUT2D eigenvalue weighted by Gasteiger charge is -2.34. The van der Waals surface area contributed by atoms with Crippen molar-refractivity contribution < 1.29 is 9.53 Å². The van der Waals surface area contributed by atoms with E-state index in [0.29, 0.717) is 30.3 Å². The zero-order valence-corrected chi connectivity index (χ0v) is 27.7. The molecule has 0 unspecified atom stereocenters. The molecule has 0 saturated heterocycles. The number of tetrazole rings is 1. The largest absolute Gasteiger partial charge is 0.488 e. The summed E-state index contributed by atoms with van der Waals surface area (Å²) in [6.45, 7) is 2.91. The van der Waals surface area contributed by atoms with Gasteiger partial charge in [0.15, 0.2) is 5.54 Å². The van der Waals surface area contributed by atoms with Gasteiger partial charge in [0.1, 0.15) is 12.4 Å². The predicted molar refractivity (Wildman–Crippen MR) is 194 cm³/mol. The highest BCUT2D eigenvalue weighted by atomic mass is 16.5. The number of ether oxygens (including phenoxy) is 1. The Kier molecular flexibility index (Phi) is 9.51. The zero-order chi connectivity index (χ0) is 34.2.